The summed E-state index contributed by atoms with van der Waals surface area (Å²) in [5.41, 5.74) is 4.80. The van der Waals surface area contributed by atoms with Crippen LogP contribution < -0.4 is 15.0 Å². The Balaban J connectivity index is 1.35. The van der Waals surface area contributed by atoms with Crippen molar-refractivity contribution in [2.24, 2.45) is 5.92 Å². The van der Waals surface area contributed by atoms with E-state index in [1.54, 1.807) is 4.90 Å². The number of anilines is 2. The molecule has 1 heterocycles. The van der Waals surface area contributed by atoms with Gasteiger partial charge in [-0.1, -0.05) is 42.5 Å². The summed E-state index contributed by atoms with van der Waals surface area (Å²) in [5, 5.41) is 2.93. The summed E-state index contributed by atoms with van der Waals surface area (Å²) < 4.78 is 5.79. The van der Waals surface area contributed by atoms with Crippen LogP contribution in [0.15, 0.2) is 72.8 Å². The lowest BCUT2D eigenvalue weighted by Gasteiger charge is -2.19. The third kappa shape index (κ3) is 4.94. The van der Waals surface area contributed by atoms with Gasteiger partial charge in [-0.2, -0.15) is 0 Å². The van der Waals surface area contributed by atoms with E-state index < -0.39 is 0 Å². The zero-order chi connectivity index (χ0) is 21.8. The van der Waals surface area contributed by atoms with Gasteiger partial charge >= 0.3 is 0 Å². The Bertz CT molecular complexity index is 1080. The Hall–Kier alpha value is -3.60. The highest BCUT2D eigenvalue weighted by atomic mass is 16.5. The maximum absolute atomic E-state index is 12.8. The highest BCUT2D eigenvalue weighted by molar-refractivity contribution is 6.03. The fraction of sp³-hybridized carbons (Fsp3) is 0.231. The Morgan fingerprint density at radius 2 is 1.77 bits per heavy atom. The predicted molar refractivity (Wildman–Crippen MR) is 122 cm³/mol. The molecule has 31 heavy (non-hydrogen) atoms. The number of amides is 2. The summed E-state index contributed by atoms with van der Waals surface area (Å²) >= 11 is 0. The van der Waals surface area contributed by atoms with Gasteiger partial charge in [0.2, 0.25) is 11.8 Å². The van der Waals surface area contributed by atoms with Crippen molar-refractivity contribution in [2.45, 2.75) is 26.9 Å². The molecular formula is C26H26N2O3. The Morgan fingerprint density at radius 3 is 2.52 bits per heavy atom. The minimum Gasteiger partial charge on any atom is -0.489 e. The molecule has 0 aliphatic carbocycles. The van der Waals surface area contributed by atoms with E-state index in [4.69, 9.17) is 4.74 Å². The van der Waals surface area contributed by atoms with Crippen LogP contribution in [0.25, 0.3) is 0 Å². The number of nitrogens with zero attached hydrogens (tertiary/aromatic N) is 1. The van der Waals surface area contributed by atoms with E-state index in [1.807, 2.05) is 86.6 Å². The highest BCUT2D eigenvalue weighted by Gasteiger charge is 2.35. The molecule has 1 fully saturated rings. The molecule has 1 aliphatic rings. The highest BCUT2D eigenvalue weighted by Crippen LogP contribution is 2.29. The maximum atomic E-state index is 12.8. The van der Waals surface area contributed by atoms with Crippen LogP contribution in [0.1, 0.15) is 23.1 Å². The first-order chi connectivity index (χ1) is 15.0. The molecule has 4 rings (SSSR count). The van der Waals surface area contributed by atoms with Crippen LogP contribution in [0.4, 0.5) is 11.4 Å². The lowest BCUT2D eigenvalue weighted by atomic mass is 10.1. The number of nitrogens with one attached hydrogen (secondary N) is 1. The van der Waals surface area contributed by atoms with E-state index >= 15 is 0 Å². The van der Waals surface area contributed by atoms with Crippen LogP contribution in [0.2, 0.25) is 0 Å². The number of benzene rings is 3. The minimum absolute atomic E-state index is 0.0153. The molecule has 1 aliphatic heterocycles. The summed E-state index contributed by atoms with van der Waals surface area (Å²) in [6.45, 7) is 4.87. The minimum atomic E-state index is -0.374. The van der Waals surface area contributed by atoms with Crippen molar-refractivity contribution in [1.29, 1.82) is 0 Å². The summed E-state index contributed by atoms with van der Waals surface area (Å²) in [6.07, 6.45) is 0.220. The molecule has 0 spiro atoms. The van der Waals surface area contributed by atoms with Crippen molar-refractivity contribution < 1.29 is 14.3 Å². The summed E-state index contributed by atoms with van der Waals surface area (Å²) in [5.74, 6) is 0.207. The molecule has 5 nitrogen and oxygen atoms in total. The Morgan fingerprint density at radius 1 is 1.03 bits per heavy atom. The molecule has 158 valence electrons. The number of carbonyl (C=O) groups excluding carboxylic acids is 2. The Kier molecular flexibility index (Phi) is 6.03. The van der Waals surface area contributed by atoms with Crippen molar-refractivity contribution >= 4 is 23.2 Å². The van der Waals surface area contributed by atoms with Gasteiger partial charge in [0.15, 0.2) is 0 Å². The standard InChI is InChI=1S/C26H26N2O3/c1-18-8-9-19(2)24(14-18)28-16-21(15-25(28)29)26(30)27-22-10-12-23(13-11-22)31-17-20-6-4-3-5-7-20/h3-14,21H,15-17H2,1-2H3,(H,27,30). The summed E-state index contributed by atoms with van der Waals surface area (Å²) in [4.78, 5) is 27.1. The van der Waals surface area contributed by atoms with Gasteiger partial charge in [0.1, 0.15) is 12.4 Å². The maximum Gasteiger partial charge on any atom is 0.229 e. The second-order valence-electron chi connectivity index (χ2n) is 7.98. The summed E-state index contributed by atoms with van der Waals surface area (Å²) in [6, 6.07) is 23.3. The molecule has 3 aromatic carbocycles. The second-order valence-corrected chi connectivity index (χ2v) is 7.98. The van der Waals surface area contributed by atoms with Crippen LogP contribution in [0, 0.1) is 19.8 Å². The van der Waals surface area contributed by atoms with Crippen molar-refractivity contribution in [1.82, 2.24) is 0 Å². The lowest BCUT2D eigenvalue weighted by molar-refractivity contribution is -0.122. The van der Waals surface area contributed by atoms with E-state index in [-0.39, 0.29) is 24.2 Å². The van der Waals surface area contributed by atoms with Crippen LogP contribution in [0.3, 0.4) is 0 Å². The molecule has 0 saturated carbocycles. The molecule has 1 atom stereocenters. The molecule has 0 radical (unpaired) electrons. The smallest absolute Gasteiger partial charge is 0.229 e. The van der Waals surface area contributed by atoms with E-state index in [0.717, 1.165) is 28.1 Å². The predicted octanol–water partition coefficient (Wildman–Crippen LogP) is 4.87. The van der Waals surface area contributed by atoms with Crippen LogP contribution in [-0.2, 0) is 16.2 Å². The molecule has 1 N–H and O–H groups in total. The SMILES string of the molecule is Cc1ccc(C)c(N2CC(C(=O)Nc3ccc(OCc4ccccc4)cc3)CC2=O)c1. The largest absolute Gasteiger partial charge is 0.489 e. The van der Waals surface area contributed by atoms with Gasteiger partial charge in [-0.25, -0.2) is 0 Å². The lowest BCUT2D eigenvalue weighted by Crippen LogP contribution is -2.28. The van der Waals surface area contributed by atoms with Gasteiger partial charge in [0.05, 0.1) is 5.92 Å². The fourth-order valence-corrected chi connectivity index (χ4v) is 3.75. The zero-order valence-corrected chi connectivity index (χ0v) is 17.8. The van der Waals surface area contributed by atoms with Crippen molar-refractivity contribution in [2.75, 3.05) is 16.8 Å². The van der Waals surface area contributed by atoms with E-state index in [1.165, 1.54) is 0 Å². The Labute approximate surface area is 182 Å². The monoisotopic (exact) mass is 414 g/mol. The molecule has 5 heteroatoms. The van der Waals surface area contributed by atoms with Gasteiger partial charge in [-0.15, -0.1) is 0 Å². The second kappa shape index (κ2) is 9.04. The summed E-state index contributed by atoms with van der Waals surface area (Å²) in [7, 11) is 0. The third-order valence-electron chi connectivity index (χ3n) is 5.52. The first kappa shape index (κ1) is 20.7. The molecule has 0 aromatic heterocycles. The average molecular weight is 415 g/mol. The van der Waals surface area contributed by atoms with E-state index in [0.29, 0.717) is 18.8 Å². The van der Waals surface area contributed by atoms with Gasteiger partial charge < -0.3 is 15.0 Å². The van der Waals surface area contributed by atoms with Crippen LogP contribution in [0.5, 0.6) is 5.75 Å². The molecule has 1 saturated heterocycles. The molecule has 3 aromatic rings. The average Bonchev–Trinajstić information content (AvgIpc) is 3.17. The van der Waals surface area contributed by atoms with E-state index in [2.05, 4.69) is 5.32 Å². The van der Waals surface area contributed by atoms with Gasteiger partial charge in [-0.3, -0.25) is 9.59 Å². The number of aryl methyl sites for hydroxylation is 2. The van der Waals surface area contributed by atoms with Crippen molar-refractivity contribution in [3.63, 3.8) is 0 Å². The van der Waals surface area contributed by atoms with Crippen molar-refractivity contribution in [3.8, 4) is 5.75 Å². The topological polar surface area (TPSA) is 58.6 Å². The number of carbonyl (C=O) groups is 2. The number of hydrogen-bond donors (Lipinski definition) is 1. The van der Waals surface area contributed by atoms with Crippen LogP contribution >= 0.6 is 0 Å². The molecular weight excluding hydrogens is 388 g/mol. The normalized spacial score (nSPS) is 15.7. The zero-order valence-electron chi connectivity index (χ0n) is 17.8. The van der Waals surface area contributed by atoms with Gasteiger partial charge in [0, 0.05) is 24.3 Å². The first-order valence-electron chi connectivity index (χ1n) is 10.4. The van der Waals surface area contributed by atoms with Crippen LogP contribution in [-0.4, -0.2) is 18.4 Å². The third-order valence-corrected chi connectivity index (χ3v) is 5.52. The molecule has 2 amide bonds. The first-order valence-corrected chi connectivity index (χ1v) is 10.4. The van der Waals surface area contributed by atoms with Crippen molar-refractivity contribution in [3.05, 3.63) is 89.5 Å². The van der Waals surface area contributed by atoms with E-state index in [9.17, 15) is 9.59 Å². The quantitative estimate of drug-likeness (QED) is 0.626. The molecule has 0 bridgehead atoms. The van der Waals surface area contributed by atoms with Gasteiger partial charge in [0.25, 0.3) is 0 Å². The number of ether oxygens (including phenoxy) is 1. The fourth-order valence-electron chi connectivity index (χ4n) is 3.75. The van der Waals surface area contributed by atoms with Gasteiger partial charge in [-0.05, 0) is 60.9 Å². The molecule has 1 unspecified atom stereocenters. The number of rotatable bonds is 6. The number of hydrogen-bond acceptors (Lipinski definition) is 3.